The van der Waals surface area contributed by atoms with E-state index in [9.17, 15) is 15.0 Å². The van der Waals surface area contributed by atoms with Gasteiger partial charge in [0.05, 0.1) is 18.8 Å². The van der Waals surface area contributed by atoms with E-state index in [1.165, 1.54) is 0 Å². The minimum Gasteiger partial charge on any atom is -0.462 e. The van der Waals surface area contributed by atoms with E-state index in [-0.39, 0.29) is 18.8 Å². The molecule has 5 aliphatic rings. The molecule has 1 spiro atoms. The van der Waals surface area contributed by atoms with Crippen LogP contribution in [-0.2, 0) is 23.7 Å². The summed E-state index contributed by atoms with van der Waals surface area (Å²) < 4.78 is 25.3. The first-order valence-electron chi connectivity index (χ1n) is 14.4. The molecule has 0 saturated carbocycles. The average molecular weight is 529 g/mol. The molecule has 4 heterocycles. The van der Waals surface area contributed by atoms with E-state index in [1.54, 1.807) is 13.0 Å². The van der Waals surface area contributed by atoms with Gasteiger partial charge in [-0.15, -0.1) is 0 Å². The van der Waals surface area contributed by atoms with Gasteiger partial charge in [-0.05, 0) is 55.6 Å². The zero-order valence-corrected chi connectivity index (χ0v) is 23.2. The molecule has 2 bridgehead atoms. The molecule has 3 fully saturated rings. The number of aliphatic hydroxyl groups is 2. The molecule has 2 N–H and O–H groups in total. The van der Waals surface area contributed by atoms with Crippen molar-refractivity contribution < 1.29 is 34.0 Å². The molecule has 3 saturated heterocycles. The second-order valence-corrected chi connectivity index (χ2v) is 12.1. The monoisotopic (exact) mass is 528 g/mol. The van der Waals surface area contributed by atoms with Gasteiger partial charge in [0, 0.05) is 19.3 Å². The third-order valence-electron chi connectivity index (χ3n) is 9.20. The molecule has 1 aliphatic carbocycles. The number of carbonyl (C=O) groups excluding carboxylic acids is 1. The Bertz CT molecular complexity index is 1010. The Hall–Kier alpha value is -1.77. The van der Waals surface area contributed by atoms with Crippen molar-refractivity contribution in [1.82, 2.24) is 0 Å². The van der Waals surface area contributed by atoms with Crippen molar-refractivity contribution in [3.63, 3.8) is 0 Å². The quantitative estimate of drug-likeness (QED) is 0.381. The predicted octanol–water partition coefficient (Wildman–Crippen LogP) is 4.53. The van der Waals surface area contributed by atoms with E-state index in [2.05, 4.69) is 39.0 Å². The summed E-state index contributed by atoms with van der Waals surface area (Å²) >= 11 is 0. The number of allylic oxidation sites excluding steroid dienone is 4. The maximum atomic E-state index is 13.8. The number of carbonyl (C=O) groups is 1. The van der Waals surface area contributed by atoms with Crippen LogP contribution in [0.25, 0.3) is 0 Å². The Morgan fingerprint density at radius 1 is 1.13 bits per heavy atom. The number of hydrogen-bond acceptors (Lipinski definition) is 7. The van der Waals surface area contributed by atoms with Gasteiger partial charge in [-0.25, -0.2) is 0 Å². The SMILES string of the molecule is CC[C@H]1O[C@]2(CC[C@@H]1C)C[C@@H]1C[C@@H](C/C=C/C[C@@H](C)/C=C/C=C3\CO[C@@H]4[C@H](O)C(C)=C[C@@H](C(=O)O1)[C@]34O)O2. The highest BCUT2D eigenvalue weighted by Gasteiger charge is 2.60. The second kappa shape index (κ2) is 11.0. The van der Waals surface area contributed by atoms with Crippen LogP contribution in [0.2, 0.25) is 0 Å². The van der Waals surface area contributed by atoms with Crippen LogP contribution in [0.3, 0.4) is 0 Å². The molecular formula is C31H44O7. The van der Waals surface area contributed by atoms with Crippen LogP contribution in [0.1, 0.15) is 72.6 Å². The normalized spacial score (nSPS) is 48.8. The van der Waals surface area contributed by atoms with Gasteiger partial charge in [-0.1, -0.05) is 57.2 Å². The molecule has 7 heteroatoms. The molecule has 38 heavy (non-hydrogen) atoms. The van der Waals surface area contributed by atoms with E-state index >= 15 is 0 Å². The number of aliphatic hydroxyl groups excluding tert-OH is 1. The molecule has 4 aliphatic heterocycles. The maximum Gasteiger partial charge on any atom is 0.316 e. The van der Waals surface area contributed by atoms with Gasteiger partial charge in [0.25, 0.3) is 0 Å². The second-order valence-electron chi connectivity index (χ2n) is 12.1. The van der Waals surface area contributed by atoms with Crippen molar-refractivity contribution >= 4 is 5.97 Å². The van der Waals surface area contributed by atoms with Crippen LogP contribution in [0.15, 0.2) is 47.6 Å². The highest BCUT2D eigenvalue weighted by atomic mass is 16.7. The summed E-state index contributed by atoms with van der Waals surface area (Å²) in [5.74, 6) is -1.50. The Kier molecular flexibility index (Phi) is 8.05. The number of ether oxygens (including phenoxy) is 4. The molecule has 0 radical (unpaired) electrons. The lowest BCUT2D eigenvalue weighted by Gasteiger charge is -2.49. The van der Waals surface area contributed by atoms with Crippen LogP contribution in [0.5, 0.6) is 0 Å². The van der Waals surface area contributed by atoms with Gasteiger partial charge in [0.1, 0.15) is 29.8 Å². The van der Waals surface area contributed by atoms with Gasteiger partial charge in [-0.3, -0.25) is 4.79 Å². The number of hydrogen-bond donors (Lipinski definition) is 2. The summed E-state index contributed by atoms with van der Waals surface area (Å²) in [6, 6.07) is 0. The molecule has 7 nitrogen and oxygen atoms in total. The fraction of sp³-hybridized carbons (Fsp3) is 0.710. The topological polar surface area (TPSA) is 94.5 Å². The Morgan fingerprint density at radius 3 is 2.71 bits per heavy atom. The van der Waals surface area contributed by atoms with Crippen molar-refractivity contribution in [3.05, 3.63) is 47.6 Å². The predicted molar refractivity (Wildman–Crippen MR) is 143 cm³/mol. The average Bonchev–Trinajstić information content (AvgIpc) is 3.22. The summed E-state index contributed by atoms with van der Waals surface area (Å²) in [5, 5.41) is 22.8. The van der Waals surface area contributed by atoms with Gasteiger partial charge < -0.3 is 29.2 Å². The standard InChI is InChI=1S/C31H44O7/c1-5-26-20(3)13-14-30(38-26)17-24-16-23(37-30)12-7-6-9-19(2)10-8-11-22-18-35-28-27(32)21(4)15-25(29(33)36-24)31(22,28)34/h6-8,10-11,15,19-20,23-28,32,34H,5,9,12-14,16-18H2,1-4H3/b7-6+,10-8+,22-11+/t19-,20+,23-,24+,25+,26-,27-,28-,30-,31-/m1/s1. The fourth-order valence-corrected chi connectivity index (χ4v) is 6.87. The van der Waals surface area contributed by atoms with Crippen LogP contribution in [0.4, 0.5) is 0 Å². The van der Waals surface area contributed by atoms with Gasteiger partial charge >= 0.3 is 5.97 Å². The van der Waals surface area contributed by atoms with E-state index in [1.807, 2.05) is 12.2 Å². The van der Waals surface area contributed by atoms with Crippen molar-refractivity contribution in [2.75, 3.05) is 6.61 Å². The van der Waals surface area contributed by atoms with Crippen molar-refractivity contribution in [1.29, 1.82) is 0 Å². The summed E-state index contributed by atoms with van der Waals surface area (Å²) in [6.45, 7) is 8.41. The molecule has 0 aromatic carbocycles. The number of rotatable bonds is 1. The minimum atomic E-state index is -1.67. The maximum absolute atomic E-state index is 13.8. The molecule has 0 amide bonds. The van der Waals surface area contributed by atoms with Crippen molar-refractivity contribution in [2.45, 2.75) is 115 Å². The minimum absolute atomic E-state index is 0.107. The third kappa shape index (κ3) is 5.20. The van der Waals surface area contributed by atoms with Crippen LogP contribution in [0, 0.1) is 17.8 Å². The Balaban J connectivity index is 1.49. The highest BCUT2D eigenvalue weighted by Crippen LogP contribution is 2.47. The van der Waals surface area contributed by atoms with Gasteiger partial charge in [-0.2, -0.15) is 0 Å². The lowest BCUT2D eigenvalue weighted by atomic mass is 9.71. The van der Waals surface area contributed by atoms with Gasteiger partial charge in [0.15, 0.2) is 5.79 Å². The molecule has 210 valence electrons. The number of fused-ring (bicyclic) bond motifs is 2. The largest absolute Gasteiger partial charge is 0.462 e. The summed E-state index contributed by atoms with van der Waals surface area (Å²) in [7, 11) is 0. The molecular weight excluding hydrogens is 484 g/mol. The molecule has 5 rings (SSSR count). The zero-order valence-electron chi connectivity index (χ0n) is 23.2. The molecule has 10 atom stereocenters. The van der Waals surface area contributed by atoms with Crippen molar-refractivity contribution in [2.24, 2.45) is 17.8 Å². The Labute approximate surface area is 226 Å². The summed E-state index contributed by atoms with van der Waals surface area (Å²) in [4.78, 5) is 13.8. The first-order chi connectivity index (χ1) is 18.1. The van der Waals surface area contributed by atoms with E-state index < -0.39 is 41.6 Å². The zero-order chi connectivity index (χ0) is 27.1. The molecule has 0 unspecified atom stereocenters. The molecule has 0 aromatic heterocycles. The fourth-order valence-electron chi connectivity index (χ4n) is 6.87. The van der Waals surface area contributed by atoms with E-state index in [4.69, 9.17) is 18.9 Å². The first-order valence-corrected chi connectivity index (χ1v) is 14.4. The highest BCUT2D eigenvalue weighted by molar-refractivity contribution is 5.78. The van der Waals surface area contributed by atoms with E-state index in [0.717, 1.165) is 32.1 Å². The summed E-state index contributed by atoms with van der Waals surface area (Å²) in [6.07, 6.45) is 14.8. The lowest BCUT2D eigenvalue weighted by Crippen LogP contribution is -2.58. The van der Waals surface area contributed by atoms with Gasteiger partial charge in [0.2, 0.25) is 0 Å². The van der Waals surface area contributed by atoms with Crippen LogP contribution in [-0.4, -0.2) is 64.7 Å². The summed E-state index contributed by atoms with van der Waals surface area (Å²) in [5.41, 5.74) is -0.495. The first kappa shape index (κ1) is 27.8. The third-order valence-corrected chi connectivity index (χ3v) is 9.20. The van der Waals surface area contributed by atoms with Crippen LogP contribution >= 0.6 is 0 Å². The smallest absolute Gasteiger partial charge is 0.316 e. The Morgan fingerprint density at radius 2 is 1.92 bits per heavy atom. The molecule has 0 aromatic rings. The van der Waals surface area contributed by atoms with Crippen molar-refractivity contribution in [3.8, 4) is 0 Å². The van der Waals surface area contributed by atoms with E-state index in [0.29, 0.717) is 35.8 Å². The van der Waals surface area contributed by atoms with Crippen LogP contribution < -0.4 is 0 Å². The lowest BCUT2D eigenvalue weighted by molar-refractivity contribution is -0.335. The number of esters is 1.